The highest BCUT2D eigenvalue weighted by Gasteiger charge is 2.19. The topological polar surface area (TPSA) is 78.9 Å². The van der Waals surface area contributed by atoms with Crippen LogP contribution in [0.5, 0.6) is 0 Å². The summed E-state index contributed by atoms with van der Waals surface area (Å²) >= 11 is 0. The molecule has 0 fully saturated rings. The molecule has 6 nitrogen and oxygen atoms in total. The van der Waals surface area contributed by atoms with E-state index in [1.807, 2.05) is 0 Å². The average molecular weight is 1160 g/mol. The quantitative estimate of drug-likeness (QED) is 0.0261. The van der Waals surface area contributed by atoms with Crippen LogP contribution in [0.15, 0.2) is 60.8 Å². The second-order valence-corrected chi connectivity index (χ2v) is 24.8. The summed E-state index contributed by atoms with van der Waals surface area (Å²) < 4.78 is 17.0. The van der Waals surface area contributed by atoms with Gasteiger partial charge in [-0.2, -0.15) is 0 Å². The van der Waals surface area contributed by atoms with Gasteiger partial charge in [0.2, 0.25) is 0 Å². The van der Waals surface area contributed by atoms with Gasteiger partial charge in [-0.3, -0.25) is 14.4 Å². The molecule has 0 aliphatic heterocycles. The molecule has 0 spiro atoms. The lowest BCUT2D eigenvalue weighted by molar-refractivity contribution is -0.167. The second kappa shape index (κ2) is 71.6. The summed E-state index contributed by atoms with van der Waals surface area (Å²) in [7, 11) is 0. The van der Waals surface area contributed by atoms with E-state index in [0.717, 1.165) is 70.6 Å². The maximum atomic E-state index is 13.0. The Hall–Kier alpha value is -2.89. The van der Waals surface area contributed by atoms with Crippen LogP contribution in [0.25, 0.3) is 0 Å². The molecule has 1 atom stereocenters. The van der Waals surface area contributed by atoms with E-state index in [2.05, 4.69) is 81.5 Å². The van der Waals surface area contributed by atoms with Gasteiger partial charge < -0.3 is 14.2 Å². The smallest absolute Gasteiger partial charge is 0.306 e. The van der Waals surface area contributed by atoms with Crippen molar-refractivity contribution in [2.24, 2.45) is 0 Å². The highest BCUT2D eigenvalue weighted by atomic mass is 16.6. The van der Waals surface area contributed by atoms with Gasteiger partial charge in [-0.05, 0) is 109 Å². The van der Waals surface area contributed by atoms with Gasteiger partial charge in [-0.15, -0.1) is 0 Å². The third kappa shape index (κ3) is 69.8. The Kier molecular flexibility index (Phi) is 69.1. The molecule has 0 bridgehead atoms. The van der Waals surface area contributed by atoms with Crippen molar-refractivity contribution in [2.45, 2.75) is 399 Å². The van der Waals surface area contributed by atoms with E-state index in [4.69, 9.17) is 14.2 Å². The first-order valence-electron chi connectivity index (χ1n) is 36.8. The number of carbonyl (C=O) groups is 3. The second-order valence-electron chi connectivity index (χ2n) is 24.8. The first-order valence-corrected chi connectivity index (χ1v) is 36.8. The number of hydrogen-bond acceptors (Lipinski definition) is 6. The lowest BCUT2D eigenvalue weighted by atomic mass is 10.0. The van der Waals surface area contributed by atoms with Crippen molar-refractivity contribution in [2.75, 3.05) is 13.2 Å². The zero-order valence-corrected chi connectivity index (χ0v) is 55.7. The minimum atomic E-state index is -0.780. The van der Waals surface area contributed by atoms with Gasteiger partial charge >= 0.3 is 17.9 Å². The van der Waals surface area contributed by atoms with Gasteiger partial charge in [-0.1, -0.05) is 326 Å². The number of ether oxygens (including phenoxy) is 3. The summed E-state index contributed by atoms with van der Waals surface area (Å²) in [6.45, 7) is 6.68. The third-order valence-electron chi connectivity index (χ3n) is 16.5. The first-order chi connectivity index (χ1) is 41.0. The van der Waals surface area contributed by atoms with Gasteiger partial charge in [0.05, 0.1) is 0 Å². The van der Waals surface area contributed by atoms with Crippen molar-refractivity contribution in [3.8, 4) is 0 Å². The molecule has 0 amide bonds. The van der Waals surface area contributed by atoms with Crippen LogP contribution < -0.4 is 0 Å². The monoisotopic (exact) mass is 1160 g/mol. The molecule has 0 saturated carbocycles. The summed E-state index contributed by atoms with van der Waals surface area (Å²) in [6, 6.07) is 0. The van der Waals surface area contributed by atoms with E-state index in [1.54, 1.807) is 0 Å². The molecule has 6 heteroatoms. The number of hydrogen-bond donors (Lipinski definition) is 0. The third-order valence-corrected chi connectivity index (χ3v) is 16.5. The predicted octanol–water partition coefficient (Wildman–Crippen LogP) is 25.5. The Bertz CT molecular complexity index is 1470. The first kappa shape index (κ1) is 80.1. The van der Waals surface area contributed by atoms with Crippen LogP contribution in [0, 0.1) is 0 Å². The van der Waals surface area contributed by atoms with Crippen LogP contribution in [-0.2, 0) is 28.6 Å². The summed E-state index contributed by atoms with van der Waals surface area (Å²) in [6.07, 6.45) is 92.5. The molecule has 0 aliphatic carbocycles. The molecule has 0 rings (SSSR count). The molecular weight excluding hydrogens is 1020 g/mol. The zero-order valence-electron chi connectivity index (χ0n) is 55.7. The van der Waals surface area contributed by atoms with E-state index in [1.165, 1.54) is 283 Å². The van der Waals surface area contributed by atoms with E-state index < -0.39 is 6.10 Å². The van der Waals surface area contributed by atoms with Gasteiger partial charge in [0.15, 0.2) is 6.10 Å². The molecule has 484 valence electrons. The predicted molar refractivity (Wildman–Crippen MR) is 362 cm³/mol. The average Bonchev–Trinajstić information content (AvgIpc) is 3.49. The minimum absolute atomic E-state index is 0.0744. The molecule has 0 aromatic rings. The van der Waals surface area contributed by atoms with Crippen molar-refractivity contribution in [1.82, 2.24) is 0 Å². The SMILES string of the molecule is CCCCCCC/C=C\C/C=C\C/C=C\CCCCCCCCCCCCCCCCC(=O)OCC(COC(=O)CCCCCCCCC/C=C\CCCCCCCCC)OC(=O)CCCCCCCCC/C=C\CCCCCCCCC. The van der Waals surface area contributed by atoms with Crippen LogP contribution in [0.4, 0.5) is 0 Å². The van der Waals surface area contributed by atoms with Crippen molar-refractivity contribution >= 4 is 17.9 Å². The van der Waals surface area contributed by atoms with Crippen molar-refractivity contribution in [3.63, 3.8) is 0 Å². The maximum Gasteiger partial charge on any atom is 0.306 e. The van der Waals surface area contributed by atoms with Crippen LogP contribution in [0.2, 0.25) is 0 Å². The molecule has 0 saturated heterocycles. The standard InChI is InChI=1S/C77H140O6/c1-4-7-10-13-16-19-22-25-28-31-34-35-36-37-38-39-40-41-42-43-44-47-49-52-55-58-61-64-67-70-76(79)82-73-74(83-77(80)71-68-65-62-59-56-53-50-46-33-30-27-24-21-18-15-12-9-6-3)72-81-75(78)69-66-63-60-57-54-51-48-45-32-29-26-23-20-17-14-11-8-5-2/h22,25,29-34,36-37,74H,4-21,23-24,26-28,35,38-73H2,1-3H3/b25-22-,32-29-,33-30-,34-31-,37-36-. The lowest BCUT2D eigenvalue weighted by Crippen LogP contribution is -2.30. The number of esters is 3. The van der Waals surface area contributed by atoms with Gasteiger partial charge in [-0.25, -0.2) is 0 Å². The van der Waals surface area contributed by atoms with Crippen molar-refractivity contribution in [3.05, 3.63) is 60.8 Å². The lowest BCUT2D eigenvalue weighted by Gasteiger charge is -2.18. The summed E-state index contributed by atoms with van der Waals surface area (Å²) in [5, 5.41) is 0. The largest absolute Gasteiger partial charge is 0.462 e. The molecule has 0 aromatic heterocycles. The Morgan fingerprint density at radius 1 is 0.241 bits per heavy atom. The minimum Gasteiger partial charge on any atom is -0.462 e. The Labute approximate surface area is 517 Å². The fourth-order valence-corrected chi connectivity index (χ4v) is 10.9. The highest BCUT2D eigenvalue weighted by molar-refractivity contribution is 5.71. The van der Waals surface area contributed by atoms with Gasteiger partial charge in [0.25, 0.3) is 0 Å². The van der Waals surface area contributed by atoms with E-state index in [0.29, 0.717) is 19.3 Å². The van der Waals surface area contributed by atoms with Crippen LogP contribution in [-0.4, -0.2) is 37.2 Å². The number of allylic oxidation sites excluding steroid dienone is 10. The number of unbranched alkanes of at least 4 members (excludes halogenated alkanes) is 47. The molecule has 0 aliphatic rings. The van der Waals surface area contributed by atoms with Gasteiger partial charge in [0.1, 0.15) is 13.2 Å². The van der Waals surface area contributed by atoms with Crippen molar-refractivity contribution < 1.29 is 28.6 Å². The van der Waals surface area contributed by atoms with Crippen LogP contribution in [0.3, 0.4) is 0 Å². The van der Waals surface area contributed by atoms with E-state index >= 15 is 0 Å². The molecule has 0 radical (unpaired) electrons. The van der Waals surface area contributed by atoms with Crippen molar-refractivity contribution in [1.29, 1.82) is 0 Å². The fraction of sp³-hybridized carbons (Fsp3) is 0.831. The molecule has 1 unspecified atom stereocenters. The van der Waals surface area contributed by atoms with Crippen LogP contribution >= 0.6 is 0 Å². The number of rotatable bonds is 68. The highest BCUT2D eigenvalue weighted by Crippen LogP contribution is 2.18. The van der Waals surface area contributed by atoms with Crippen LogP contribution in [0.1, 0.15) is 393 Å². The van der Waals surface area contributed by atoms with E-state index in [9.17, 15) is 14.4 Å². The summed E-state index contributed by atoms with van der Waals surface area (Å²) in [5.74, 6) is -0.859. The summed E-state index contributed by atoms with van der Waals surface area (Å²) in [4.78, 5) is 38.5. The number of carbonyl (C=O) groups excluding carboxylic acids is 3. The maximum absolute atomic E-state index is 13.0. The Balaban J connectivity index is 4.28. The fourth-order valence-electron chi connectivity index (χ4n) is 10.9. The molecule has 0 heterocycles. The van der Waals surface area contributed by atoms with E-state index in [-0.39, 0.29) is 31.1 Å². The van der Waals surface area contributed by atoms with Gasteiger partial charge in [0, 0.05) is 19.3 Å². The molecular formula is C77H140O6. The molecule has 83 heavy (non-hydrogen) atoms. The Morgan fingerprint density at radius 3 is 0.687 bits per heavy atom. The normalized spacial score (nSPS) is 12.4. The zero-order chi connectivity index (χ0) is 59.9. The molecule has 0 N–H and O–H groups in total. The molecule has 0 aromatic carbocycles. The Morgan fingerprint density at radius 2 is 0.434 bits per heavy atom. The summed E-state index contributed by atoms with van der Waals surface area (Å²) in [5.41, 5.74) is 0.